The summed E-state index contributed by atoms with van der Waals surface area (Å²) in [5, 5.41) is 0. The first-order valence-electron chi connectivity index (χ1n) is 8.29. The van der Waals surface area contributed by atoms with Crippen molar-refractivity contribution in [1.29, 1.82) is 0 Å². The number of hydrogen-bond donors (Lipinski definition) is 1. The molecular formula is C19H23N3O2. The van der Waals surface area contributed by atoms with E-state index in [1.165, 1.54) is 18.1 Å². The zero-order valence-electron chi connectivity index (χ0n) is 14.2. The first-order valence-corrected chi connectivity index (χ1v) is 8.29. The number of rotatable bonds is 4. The van der Waals surface area contributed by atoms with E-state index in [0.29, 0.717) is 24.3 Å². The standard InChI is InChI=1S/C19H23N3O2/c1-14-4-3-5-16(10-14)13-21-6-8-22(9-7-21)19(24)18-11-17(12-20-18)15(2)23/h3-5,10-12,20H,6-9,13H2,1-2H3. The normalized spacial score (nSPS) is 15.5. The molecule has 0 saturated carbocycles. The molecule has 0 atom stereocenters. The third-order valence-electron chi connectivity index (χ3n) is 4.47. The van der Waals surface area contributed by atoms with Gasteiger partial charge in [0.25, 0.3) is 5.91 Å². The third kappa shape index (κ3) is 3.74. The number of nitrogens with zero attached hydrogens (tertiary/aromatic N) is 2. The van der Waals surface area contributed by atoms with Crippen LogP contribution in [-0.4, -0.2) is 52.7 Å². The first-order chi connectivity index (χ1) is 11.5. The number of piperazine rings is 1. The minimum Gasteiger partial charge on any atom is -0.356 e. The van der Waals surface area contributed by atoms with Crippen molar-refractivity contribution in [2.45, 2.75) is 20.4 Å². The van der Waals surface area contributed by atoms with Crippen LogP contribution in [0.2, 0.25) is 0 Å². The van der Waals surface area contributed by atoms with Crippen LogP contribution in [0, 0.1) is 6.92 Å². The molecule has 3 rings (SSSR count). The van der Waals surface area contributed by atoms with E-state index < -0.39 is 0 Å². The number of ketones is 1. The van der Waals surface area contributed by atoms with Crippen molar-refractivity contribution in [3.63, 3.8) is 0 Å². The Labute approximate surface area is 142 Å². The smallest absolute Gasteiger partial charge is 0.270 e. The molecule has 0 radical (unpaired) electrons. The summed E-state index contributed by atoms with van der Waals surface area (Å²) < 4.78 is 0. The number of carbonyl (C=O) groups excluding carboxylic acids is 2. The highest BCUT2D eigenvalue weighted by molar-refractivity contribution is 5.99. The van der Waals surface area contributed by atoms with E-state index in [1.54, 1.807) is 12.3 Å². The number of Topliss-reactive ketones (excluding diaryl/α,β-unsaturated/α-hetero) is 1. The summed E-state index contributed by atoms with van der Waals surface area (Å²) in [7, 11) is 0. The molecule has 1 aliphatic rings. The van der Waals surface area contributed by atoms with Crippen molar-refractivity contribution >= 4 is 11.7 Å². The van der Waals surface area contributed by atoms with Crippen molar-refractivity contribution in [3.8, 4) is 0 Å². The van der Waals surface area contributed by atoms with Crippen molar-refractivity contribution in [1.82, 2.24) is 14.8 Å². The van der Waals surface area contributed by atoms with Gasteiger partial charge in [-0.05, 0) is 25.5 Å². The number of nitrogens with one attached hydrogen (secondary N) is 1. The number of aromatic amines is 1. The van der Waals surface area contributed by atoms with Gasteiger partial charge in [0, 0.05) is 44.5 Å². The summed E-state index contributed by atoms with van der Waals surface area (Å²) in [5.74, 6) is -0.0639. The van der Waals surface area contributed by atoms with Gasteiger partial charge in [-0.3, -0.25) is 14.5 Å². The lowest BCUT2D eigenvalue weighted by molar-refractivity contribution is 0.0623. The highest BCUT2D eigenvalue weighted by Crippen LogP contribution is 2.13. The molecule has 0 bridgehead atoms. The van der Waals surface area contributed by atoms with Crippen molar-refractivity contribution in [3.05, 3.63) is 58.9 Å². The molecule has 5 heteroatoms. The van der Waals surface area contributed by atoms with Gasteiger partial charge >= 0.3 is 0 Å². The summed E-state index contributed by atoms with van der Waals surface area (Å²) in [6.07, 6.45) is 1.60. The zero-order chi connectivity index (χ0) is 17.1. The monoisotopic (exact) mass is 325 g/mol. The Hall–Kier alpha value is -2.40. The zero-order valence-corrected chi connectivity index (χ0v) is 14.2. The molecule has 2 heterocycles. The highest BCUT2D eigenvalue weighted by atomic mass is 16.2. The first kappa shape index (κ1) is 16.5. The Bertz CT molecular complexity index is 743. The number of benzene rings is 1. The minimum absolute atomic E-state index is 0.0299. The Morgan fingerprint density at radius 2 is 1.88 bits per heavy atom. The molecule has 5 nitrogen and oxygen atoms in total. The number of aryl methyl sites for hydroxylation is 1. The second-order valence-electron chi connectivity index (χ2n) is 6.42. The van der Waals surface area contributed by atoms with Crippen LogP contribution in [-0.2, 0) is 6.54 Å². The van der Waals surface area contributed by atoms with Crippen molar-refractivity contribution in [2.24, 2.45) is 0 Å². The molecule has 126 valence electrons. The Balaban J connectivity index is 1.56. The van der Waals surface area contributed by atoms with Crippen LogP contribution in [0.5, 0.6) is 0 Å². The molecule has 1 N–H and O–H groups in total. The van der Waals surface area contributed by atoms with Crippen LogP contribution in [0.25, 0.3) is 0 Å². The van der Waals surface area contributed by atoms with Gasteiger partial charge in [0.1, 0.15) is 5.69 Å². The molecule has 1 fully saturated rings. The molecule has 0 aliphatic carbocycles. The molecule has 1 saturated heterocycles. The van der Waals surface area contributed by atoms with Crippen LogP contribution < -0.4 is 0 Å². The highest BCUT2D eigenvalue weighted by Gasteiger charge is 2.23. The summed E-state index contributed by atoms with van der Waals surface area (Å²) in [5.41, 5.74) is 3.63. The van der Waals surface area contributed by atoms with Crippen LogP contribution in [0.3, 0.4) is 0 Å². The Morgan fingerprint density at radius 3 is 2.50 bits per heavy atom. The lowest BCUT2D eigenvalue weighted by atomic mass is 10.1. The molecule has 1 aliphatic heterocycles. The largest absolute Gasteiger partial charge is 0.356 e. The second kappa shape index (κ2) is 7.01. The quantitative estimate of drug-likeness (QED) is 0.879. The van der Waals surface area contributed by atoms with E-state index in [9.17, 15) is 9.59 Å². The van der Waals surface area contributed by atoms with Gasteiger partial charge in [-0.15, -0.1) is 0 Å². The predicted molar refractivity (Wildman–Crippen MR) is 93.2 cm³/mol. The number of H-pyrrole nitrogens is 1. The fourth-order valence-electron chi connectivity index (χ4n) is 3.07. The van der Waals surface area contributed by atoms with Crippen LogP contribution >= 0.6 is 0 Å². The molecule has 0 spiro atoms. The van der Waals surface area contributed by atoms with Gasteiger partial charge in [0.15, 0.2) is 5.78 Å². The van der Waals surface area contributed by atoms with Crippen LogP contribution in [0.15, 0.2) is 36.5 Å². The van der Waals surface area contributed by atoms with Gasteiger partial charge in [-0.1, -0.05) is 29.8 Å². The summed E-state index contributed by atoms with van der Waals surface area (Å²) >= 11 is 0. The molecule has 2 aromatic rings. The molecule has 24 heavy (non-hydrogen) atoms. The maximum Gasteiger partial charge on any atom is 0.270 e. The van der Waals surface area contributed by atoms with E-state index in [2.05, 4.69) is 41.1 Å². The van der Waals surface area contributed by atoms with Gasteiger partial charge in [-0.2, -0.15) is 0 Å². The number of carbonyl (C=O) groups is 2. The van der Waals surface area contributed by atoms with Crippen molar-refractivity contribution in [2.75, 3.05) is 26.2 Å². The number of aromatic nitrogens is 1. The Kier molecular flexibility index (Phi) is 4.81. The number of amides is 1. The maximum atomic E-state index is 12.5. The molecule has 1 aromatic heterocycles. The topological polar surface area (TPSA) is 56.4 Å². The third-order valence-corrected chi connectivity index (χ3v) is 4.47. The minimum atomic E-state index is -0.0340. The lowest BCUT2D eigenvalue weighted by Crippen LogP contribution is -2.48. The molecular weight excluding hydrogens is 302 g/mol. The maximum absolute atomic E-state index is 12.5. The van der Waals surface area contributed by atoms with E-state index in [-0.39, 0.29) is 11.7 Å². The van der Waals surface area contributed by atoms with E-state index in [1.807, 2.05) is 4.90 Å². The average molecular weight is 325 g/mol. The van der Waals surface area contributed by atoms with Crippen LogP contribution in [0.4, 0.5) is 0 Å². The average Bonchev–Trinajstić information content (AvgIpc) is 3.05. The van der Waals surface area contributed by atoms with Crippen molar-refractivity contribution < 1.29 is 9.59 Å². The predicted octanol–water partition coefficient (Wildman–Crippen LogP) is 2.48. The number of hydrogen-bond acceptors (Lipinski definition) is 3. The van der Waals surface area contributed by atoms with E-state index in [4.69, 9.17) is 0 Å². The van der Waals surface area contributed by atoms with E-state index >= 15 is 0 Å². The summed E-state index contributed by atoms with van der Waals surface area (Å²) in [6, 6.07) is 10.2. The molecule has 1 amide bonds. The summed E-state index contributed by atoms with van der Waals surface area (Å²) in [4.78, 5) is 31.0. The van der Waals surface area contributed by atoms with E-state index in [0.717, 1.165) is 19.6 Å². The molecule has 1 aromatic carbocycles. The van der Waals surface area contributed by atoms with Gasteiger partial charge < -0.3 is 9.88 Å². The second-order valence-corrected chi connectivity index (χ2v) is 6.42. The van der Waals surface area contributed by atoms with Gasteiger partial charge in [0.2, 0.25) is 0 Å². The lowest BCUT2D eigenvalue weighted by Gasteiger charge is -2.34. The van der Waals surface area contributed by atoms with Gasteiger partial charge in [0.05, 0.1) is 0 Å². The fourth-order valence-corrected chi connectivity index (χ4v) is 3.07. The van der Waals surface area contributed by atoms with Crippen LogP contribution in [0.1, 0.15) is 38.9 Å². The Morgan fingerprint density at radius 1 is 1.12 bits per heavy atom. The SMILES string of the molecule is CC(=O)c1c[nH]c(C(=O)N2CCN(Cc3cccc(C)c3)CC2)c1. The van der Waals surface area contributed by atoms with Gasteiger partial charge in [-0.25, -0.2) is 0 Å². The summed E-state index contributed by atoms with van der Waals surface area (Å²) in [6.45, 7) is 7.66. The molecule has 0 unspecified atom stereocenters. The fraction of sp³-hybridized carbons (Fsp3) is 0.368.